The van der Waals surface area contributed by atoms with Gasteiger partial charge in [-0.2, -0.15) is 0 Å². The Morgan fingerprint density at radius 3 is 2.42 bits per heavy atom. The lowest BCUT2D eigenvalue weighted by atomic mass is 9.96. The second-order valence-electron chi connectivity index (χ2n) is 5.35. The van der Waals surface area contributed by atoms with Crippen LogP contribution < -0.4 is 5.32 Å². The second-order valence-corrected chi connectivity index (χ2v) is 5.35. The van der Waals surface area contributed by atoms with Gasteiger partial charge in [0.2, 0.25) is 11.8 Å². The van der Waals surface area contributed by atoms with Crippen molar-refractivity contribution in [1.29, 1.82) is 0 Å². The van der Waals surface area contributed by atoms with Gasteiger partial charge in [-0.25, -0.2) is 0 Å². The molecular weight excluding hydrogens is 248 g/mol. The summed E-state index contributed by atoms with van der Waals surface area (Å²) in [6.45, 7) is 6.15. The Labute approximate surface area is 113 Å². The molecule has 0 spiro atoms. The molecule has 1 fully saturated rings. The Hall–Kier alpha value is -1.59. The van der Waals surface area contributed by atoms with Crippen LogP contribution in [0.4, 0.5) is 0 Å². The first-order chi connectivity index (χ1) is 8.82. The van der Waals surface area contributed by atoms with Gasteiger partial charge < -0.3 is 15.3 Å². The van der Waals surface area contributed by atoms with Gasteiger partial charge in [-0.15, -0.1) is 0 Å². The van der Waals surface area contributed by atoms with Gasteiger partial charge in [0.1, 0.15) is 6.04 Å². The fraction of sp³-hybridized carbons (Fsp3) is 0.769. The van der Waals surface area contributed by atoms with E-state index in [-0.39, 0.29) is 23.7 Å². The minimum Gasteiger partial charge on any atom is -0.480 e. The smallest absolute Gasteiger partial charge is 0.325 e. The number of aliphatic carboxylic acids is 1. The minimum atomic E-state index is -1.06. The lowest BCUT2D eigenvalue weighted by Gasteiger charge is -2.33. The van der Waals surface area contributed by atoms with E-state index in [1.165, 1.54) is 6.92 Å². The number of piperidine rings is 1. The molecular formula is C13H22N2O4. The number of carboxylic acid groups (broad SMARTS) is 1. The van der Waals surface area contributed by atoms with E-state index >= 15 is 0 Å². The average molecular weight is 270 g/mol. The molecule has 1 heterocycles. The van der Waals surface area contributed by atoms with Crippen molar-refractivity contribution in [2.24, 2.45) is 11.8 Å². The third-order valence-electron chi connectivity index (χ3n) is 3.33. The lowest BCUT2D eigenvalue weighted by Crippen LogP contribution is -2.49. The van der Waals surface area contributed by atoms with Gasteiger partial charge in [0.15, 0.2) is 0 Å². The number of amides is 2. The van der Waals surface area contributed by atoms with Crippen molar-refractivity contribution in [3.05, 3.63) is 0 Å². The normalized spacial score (nSPS) is 21.1. The first-order valence-corrected chi connectivity index (χ1v) is 6.65. The highest BCUT2D eigenvalue weighted by Crippen LogP contribution is 2.18. The van der Waals surface area contributed by atoms with Crippen LogP contribution in [-0.2, 0) is 14.4 Å². The molecule has 1 rings (SSSR count). The summed E-state index contributed by atoms with van der Waals surface area (Å²) in [5, 5.41) is 11.2. The van der Waals surface area contributed by atoms with Gasteiger partial charge in [0, 0.05) is 19.0 Å². The highest BCUT2D eigenvalue weighted by atomic mass is 16.4. The fourth-order valence-corrected chi connectivity index (χ4v) is 2.15. The molecule has 19 heavy (non-hydrogen) atoms. The topological polar surface area (TPSA) is 86.7 Å². The number of carbonyl (C=O) groups is 3. The van der Waals surface area contributed by atoms with Crippen molar-refractivity contribution in [2.75, 3.05) is 13.1 Å². The molecule has 6 heteroatoms. The molecule has 2 atom stereocenters. The fourth-order valence-electron chi connectivity index (χ4n) is 2.15. The van der Waals surface area contributed by atoms with E-state index in [4.69, 9.17) is 5.11 Å². The molecule has 108 valence electrons. The molecule has 0 radical (unpaired) electrons. The van der Waals surface area contributed by atoms with Crippen LogP contribution in [0.25, 0.3) is 0 Å². The Morgan fingerprint density at radius 2 is 1.89 bits per heavy atom. The van der Waals surface area contributed by atoms with Gasteiger partial charge in [-0.05, 0) is 19.8 Å². The van der Waals surface area contributed by atoms with Crippen LogP contribution in [0.2, 0.25) is 0 Å². The van der Waals surface area contributed by atoms with E-state index in [9.17, 15) is 14.4 Å². The predicted octanol–water partition coefficient (Wildman–Crippen LogP) is 0.470. The molecule has 6 nitrogen and oxygen atoms in total. The summed E-state index contributed by atoms with van der Waals surface area (Å²) in [5.41, 5.74) is 0. The van der Waals surface area contributed by atoms with Gasteiger partial charge in [-0.3, -0.25) is 14.4 Å². The zero-order valence-electron chi connectivity index (χ0n) is 11.7. The van der Waals surface area contributed by atoms with Crippen molar-refractivity contribution in [3.63, 3.8) is 0 Å². The van der Waals surface area contributed by atoms with Crippen LogP contribution in [0.1, 0.15) is 33.6 Å². The van der Waals surface area contributed by atoms with Crippen LogP contribution in [0.3, 0.4) is 0 Å². The quantitative estimate of drug-likeness (QED) is 0.777. The highest BCUT2D eigenvalue weighted by molar-refractivity contribution is 5.85. The van der Waals surface area contributed by atoms with Gasteiger partial charge in [0.05, 0.1) is 5.92 Å². The Balaban J connectivity index is 2.57. The van der Waals surface area contributed by atoms with Crippen molar-refractivity contribution < 1.29 is 19.5 Å². The Morgan fingerprint density at radius 1 is 1.26 bits per heavy atom. The van der Waals surface area contributed by atoms with Crippen molar-refractivity contribution in [1.82, 2.24) is 10.2 Å². The molecule has 0 aliphatic carbocycles. The largest absolute Gasteiger partial charge is 0.480 e. The number of likely N-dealkylation sites (tertiary alicyclic amines) is 1. The number of nitrogens with zero attached hydrogens (tertiary/aromatic N) is 1. The summed E-state index contributed by atoms with van der Waals surface area (Å²) in [5.74, 6) is -1.68. The van der Waals surface area contributed by atoms with Crippen LogP contribution >= 0.6 is 0 Å². The third kappa shape index (κ3) is 4.22. The molecule has 1 aliphatic heterocycles. The summed E-state index contributed by atoms with van der Waals surface area (Å²) in [6, 6.07) is -0.899. The zero-order valence-corrected chi connectivity index (χ0v) is 11.7. The Bertz CT molecular complexity index is 368. The van der Waals surface area contributed by atoms with Gasteiger partial charge >= 0.3 is 5.97 Å². The van der Waals surface area contributed by atoms with Gasteiger partial charge in [-0.1, -0.05) is 13.8 Å². The molecule has 0 aromatic rings. The summed E-state index contributed by atoms with van der Waals surface area (Å²) < 4.78 is 0. The van der Waals surface area contributed by atoms with Gasteiger partial charge in [0.25, 0.3) is 0 Å². The monoisotopic (exact) mass is 270 g/mol. The average Bonchev–Trinajstić information content (AvgIpc) is 2.37. The molecule has 0 bridgehead atoms. The zero-order chi connectivity index (χ0) is 14.6. The predicted molar refractivity (Wildman–Crippen MR) is 69.4 cm³/mol. The molecule has 2 amide bonds. The van der Waals surface area contributed by atoms with E-state index in [2.05, 4.69) is 5.32 Å². The minimum absolute atomic E-state index is 0.0452. The van der Waals surface area contributed by atoms with Crippen molar-refractivity contribution in [3.8, 4) is 0 Å². The molecule has 1 aliphatic rings. The van der Waals surface area contributed by atoms with Crippen LogP contribution in [0.5, 0.6) is 0 Å². The molecule has 0 aromatic carbocycles. The molecule has 2 N–H and O–H groups in total. The van der Waals surface area contributed by atoms with Crippen LogP contribution in [0, 0.1) is 11.8 Å². The number of rotatable bonds is 4. The summed E-state index contributed by atoms with van der Waals surface area (Å²) >= 11 is 0. The summed E-state index contributed by atoms with van der Waals surface area (Å²) in [4.78, 5) is 36.2. The maximum absolute atomic E-state index is 11.9. The van der Waals surface area contributed by atoms with E-state index in [1.54, 1.807) is 4.90 Å². The maximum atomic E-state index is 11.9. The van der Waals surface area contributed by atoms with Crippen LogP contribution in [-0.4, -0.2) is 46.9 Å². The van der Waals surface area contributed by atoms with Crippen LogP contribution in [0.15, 0.2) is 0 Å². The van der Waals surface area contributed by atoms with E-state index in [0.29, 0.717) is 19.5 Å². The van der Waals surface area contributed by atoms with E-state index in [0.717, 1.165) is 6.42 Å². The highest BCUT2D eigenvalue weighted by Gasteiger charge is 2.30. The number of carboxylic acids is 1. The van der Waals surface area contributed by atoms with E-state index in [1.807, 2.05) is 13.8 Å². The third-order valence-corrected chi connectivity index (χ3v) is 3.33. The number of hydrogen-bond donors (Lipinski definition) is 2. The molecule has 2 unspecified atom stereocenters. The maximum Gasteiger partial charge on any atom is 0.325 e. The molecule has 0 aromatic heterocycles. The second kappa shape index (κ2) is 6.54. The van der Waals surface area contributed by atoms with E-state index < -0.39 is 12.0 Å². The van der Waals surface area contributed by atoms with Crippen molar-refractivity contribution >= 4 is 17.8 Å². The first kappa shape index (κ1) is 15.5. The molecule has 0 saturated carbocycles. The summed E-state index contributed by atoms with van der Waals surface area (Å²) in [7, 11) is 0. The standard InChI is InChI=1S/C13H22N2O4/c1-8(2)12(17)15-6-4-5-10(7-15)11(16)14-9(3)13(18)19/h8-10H,4-7H2,1-3H3,(H,14,16)(H,18,19). The Kier molecular flexibility index (Phi) is 5.32. The number of hydrogen-bond acceptors (Lipinski definition) is 3. The SMILES string of the molecule is CC(C)C(=O)N1CCCC(C(=O)NC(C)C(=O)O)C1. The number of carbonyl (C=O) groups excluding carboxylic acids is 2. The lowest BCUT2D eigenvalue weighted by molar-refractivity contribution is -0.143. The van der Waals surface area contributed by atoms with Crippen molar-refractivity contribution in [2.45, 2.75) is 39.7 Å². The molecule has 1 saturated heterocycles. The number of nitrogens with one attached hydrogen (secondary N) is 1. The summed E-state index contributed by atoms with van der Waals surface area (Å²) in [6.07, 6.45) is 1.47. The first-order valence-electron chi connectivity index (χ1n) is 6.65.